The second kappa shape index (κ2) is 7.15. The van der Waals surface area contributed by atoms with Crippen molar-refractivity contribution in [2.45, 2.75) is 39.7 Å². The van der Waals surface area contributed by atoms with Crippen LogP contribution in [-0.4, -0.2) is 23.5 Å². The van der Waals surface area contributed by atoms with Crippen molar-refractivity contribution in [3.8, 4) is 0 Å². The standard InChI is InChI=1S/C20H23N3O3/c1-5-18(24)23-10-6-7-15-11-16(8-9-17(15)23)20(25)21-12(2)19-13(3)22-26-14(19)4/h5,8-9,11-12H,1,6-7,10H2,2-4H3,(H,21,25). The van der Waals surface area contributed by atoms with Crippen LogP contribution in [0, 0.1) is 13.8 Å². The zero-order valence-corrected chi connectivity index (χ0v) is 15.3. The van der Waals surface area contributed by atoms with Gasteiger partial charge >= 0.3 is 0 Å². The summed E-state index contributed by atoms with van der Waals surface area (Å²) in [5.74, 6) is 0.432. The molecule has 136 valence electrons. The molecular weight excluding hydrogens is 330 g/mol. The van der Waals surface area contributed by atoms with Crippen LogP contribution in [0.25, 0.3) is 0 Å². The monoisotopic (exact) mass is 353 g/mol. The molecule has 1 aliphatic rings. The van der Waals surface area contributed by atoms with E-state index in [-0.39, 0.29) is 17.9 Å². The fourth-order valence-corrected chi connectivity index (χ4v) is 3.54. The van der Waals surface area contributed by atoms with Crippen LogP contribution in [0.4, 0.5) is 5.69 Å². The van der Waals surface area contributed by atoms with E-state index in [1.165, 1.54) is 6.08 Å². The number of nitrogens with one attached hydrogen (secondary N) is 1. The van der Waals surface area contributed by atoms with E-state index in [4.69, 9.17) is 4.52 Å². The second-order valence-corrected chi connectivity index (χ2v) is 6.57. The van der Waals surface area contributed by atoms with Gasteiger partial charge in [-0.1, -0.05) is 11.7 Å². The minimum atomic E-state index is -0.205. The summed E-state index contributed by atoms with van der Waals surface area (Å²) in [5, 5.41) is 6.93. The average Bonchev–Trinajstić information content (AvgIpc) is 2.98. The van der Waals surface area contributed by atoms with Crippen LogP contribution in [0.3, 0.4) is 0 Å². The number of rotatable bonds is 4. The summed E-state index contributed by atoms with van der Waals surface area (Å²) in [7, 11) is 0. The van der Waals surface area contributed by atoms with Gasteiger partial charge in [0.1, 0.15) is 5.76 Å². The van der Waals surface area contributed by atoms with E-state index >= 15 is 0 Å². The minimum Gasteiger partial charge on any atom is -0.361 e. The number of carbonyl (C=O) groups excluding carboxylic acids is 2. The van der Waals surface area contributed by atoms with Gasteiger partial charge < -0.3 is 14.7 Å². The fourth-order valence-electron chi connectivity index (χ4n) is 3.54. The van der Waals surface area contributed by atoms with Gasteiger partial charge in [-0.05, 0) is 63.5 Å². The predicted octanol–water partition coefficient (Wildman–Crippen LogP) is 3.25. The second-order valence-electron chi connectivity index (χ2n) is 6.57. The van der Waals surface area contributed by atoms with Crippen LogP contribution in [-0.2, 0) is 11.2 Å². The maximum Gasteiger partial charge on any atom is 0.251 e. The lowest BCUT2D eigenvalue weighted by molar-refractivity contribution is -0.114. The third kappa shape index (κ3) is 3.27. The molecule has 1 atom stereocenters. The highest BCUT2D eigenvalue weighted by Gasteiger charge is 2.23. The number of carbonyl (C=O) groups is 2. The van der Waals surface area contributed by atoms with Gasteiger partial charge in [-0.2, -0.15) is 0 Å². The first-order chi connectivity index (χ1) is 12.4. The molecule has 2 aromatic rings. The molecule has 0 spiro atoms. The van der Waals surface area contributed by atoms with E-state index in [2.05, 4.69) is 17.1 Å². The van der Waals surface area contributed by atoms with Gasteiger partial charge in [0.25, 0.3) is 5.91 Å². The third-order valence-electron chi connectivity index (χ3n) is 4.77. The SMILES string of the molecule is C=CC(=O)N1CCCc2cc(C(=O)NC(C)c3c(C)noc3C)ccc21. The molecule has 6 heteroatoms. The first-order valence-electron chi connectivity index (χ1n) is 8.73. The molecule has 1 N–H and O–H groups in total. The number of nitrogens with zero attached hydrogens (tertiary/aromatic N) is 2. The third-order valence-corrected chi connectivity index (χ3v) is 4.77. The van der Waals surface area contributed by atoms with Crippen LogP contribution in [0.1, 0.15) is 52.3 Å². The topological polar surface area (TPSA) is 75.4 Å². The number of amides is 2. The molecule has 6 nitrogen and oxygen atoms in total. The lowest BCUT2D eigenvalue weighted by atomic mass is 9.98. The Morgan fingerprint density at radius 1 is 1.38 bits per heavy atom. The van der Waals surface area contributed by atoms with Gasteiger partial charge in [-0.15, -0.1) is 0 Å². The Morgan fingerprint density at radius 2 is 2.15 bits per heavy atom. The molecule has 1 unspecified atom stereocenters. The van der Waals surface area contributed by atoms with Crippen LogP contribution in [0.5, 0.6) is 0 Å². The van der Waals surface area contributed by atoms with Crippen molar-refractivity contribution < 1.29 is 14.1 Å². The molecule has 0 fully saturated rings. The number of hydrogen-bond acceptors (Lipinski definition) is 4. The van der Waals surface area contributed by atoms with Gasteiger partial charge in [0.05, 0.1) is 11.7 Å². The van der Waals surface area contributed by atoms with Crippen LogP contribution in [0.2, 0.25) is 0 Å². The summed E-state index contributed by atoms with van der Waals surface area (Å²) < 4.78 is 5.18. The Kier molecular flexibility index (Phi) is 4.93. The highest BCUT2D eigenvalue weighted by Crippen LogP contribution is 2.29. The maximum atomic E-state index is 12.7. The van der Waals surface area contributed by atoms with Crippen molar-refractivity contribution in [2.75, 3.05) is 11.4 Å². The zero-order chi connectivity index (χ0) is 18.8. The summed E-state index contributed by atoms with van der Waals surface area (Å²) in [4.78, 5) is 26.4. The molecule has 2 amide bonds. The van der Waals surface area contributed by atoms with Gasteiger partial charge in [-0.3, -0.25) is 9.59 Å². The summed E-state index contributed by atoms with van der Waals surface area (Å²) in [5.41, 5.74) is 4.12. The Bertz CT molecular complexity index is 850. The number of fused-ring (bicyclic) bond motifs is 1. The molecule has 1 aromatic heterocycles. The molecule has 3 rings (SSSR count). The summed E-state index contributed by atoms with van der Waals surface area (Å²) in [6, 6.07) is 5.25. The van der Waals surface area contributed by atoms with Gasteiger partial charge in [0.15, 0.2) is 0 Å². The summed E-state index contributed by atoms with van der Waals surface area (Å²) >= 11 is 0. The number of benzene rings is 1. The van der Waals surface area contributed by atoms with E-state index < -0.39 is 0 Å². The molecule has 0 aliphatic carbocycles. The Balaban J connectivity index is 1.81. The molecular formula is C20H23N3O3. The van der Waals surface area contributed by atoms with E-state index in [0.717, 1.165) is 35.3 Å². The first kappa shape index (κ1) is 17.9. The van der Waals surface area contributed by atoms with Crippen molar-refractivity contribution in [2.24, 2.45) is 0 Å². The van der Waals surface area contributed by atoms with Crippen molar-refractivity contribution in [3.63, 3.8) is 0 Å². The molecule has 0 bridgehead atoms. The van der Waals surface area contributed by atoms with Crippen molar-refractivity contribution >= 4 is 17.5 Å². The molecule has 1 aliphatic heterocycles. The Hall–Kier alpha value is -2.89. The molecule has 0 radical (unpaired) electrons. The highest BCUT2D eigenvalue weighted by atomic mass is 16.5. The number of aromatic nitrogens is 1. The number of anilines is 1. The van der Waals surface area contributed by atoms with Gasteiger partial charge in [0.2, 0.25) is 5.91 Å². The van der Waals surface area contributed by atoms with Crippen molar-refractivity contribution in [1.82, 2.24) is 10.5 Å². The smallest absolute Gasteiger partial charge is 0.251 e. The molecule has 0 saturated carbocycles. The molecule has 2 heterocycles. The highest BCUT2D eigenvalue weighted by molar-refractivity contribution is 6.02. The zero-order valence-electron chi connectivity index (χ0n) is 15.3. The van der Waals surface area contributed by atoms with Gasteiger partial charge in [0, 0.05) is 23.4 Å². The first-order valence-corrected chi connectivity index (χ1v) is 8.73. The average molecular weight is 353 g/mol. The lowest BCUT2D eigenvalue weighted by Gasteiger charge is -2.29. The van der Waals surface area contributed by atoms with E-state index in [1.54, 1.807) is 11.0 Å². The largest absolute Gasteiger partial charge is 0.361 e. The van der Waals surface area contributed by atoms with Crippen molar-refractivity contribution in [1.29, 1.82) is 0 Å². The van der Waals surface area contributed by atoms with Crippen LogP contribution < -0.4 is 10.2 Å². The number of aryl methyl sites for hydroxylation is 3. The van der Waals surface area contributed by atoms with E-state index in [0.29, 0.717) is 17.9 Å². The Morgan fingerprint density at radius 3 is 2.81 bits per heavy atom. The van der Waals surface area contributed by atoms with Crippen molar-refractivity contribution in [3.05, 3.63) is 59.0 Å². The molecule has 26 heavy (non-hydrogen) atoms. The fraction of sp³-hybridized carbons (Fsp3) is 0.350. The predicted molar refractivity (Wildman–Crippen MR) is 99.2 cm³/mol. The van der Waals surface area contributed by atoms with Crippen LogP contribution in [0.15, 0.2) is 35.4 Å². The maximum absolute atomic E-state index is 12.7. The minimum absolute atomic E-state index is 0.116. The summed E-state index contributed by atoms with van der Waals surface area (Å²) in [6.07, 6.45) is 3.03. The molecule has 0 saturated heterocycles. The summed E-state index contributed by atoms with van der Waals surface area (Å²) in [6.45, 7) is 9.84. The van der Waals surface area contributed by atoms with Gasteiger partial charge in [-0.25, -0.2) is 0 Å². The van der Waals surface area contributed by atoms with E-state index in [9.17, 15) is 9.59 Å². The Labute approximate surface area is 152 Å². The lowest BCUT2D eigenvalue weighted by Crippen LogP contribution is -2.34. The molecule has 1 aromatic carbocycles. The quantitative estimate of drug-likeness (QED) is 0.856. The normalized spacial score (nSPS) is 14.5. The van der Waals surface area contributed by atoms with Crippen LogP contribution >= 0.6 is 0 Å². The number of hydrogen-bond donors (Lipinski definition) is 1. The van der Waals surface area contributed by atoms with E-state index in [1.807, 2.05) is 32.9 Å².